The van der Waals surface area contributed by atoms with Crippen molar-refractivity contribution in [2.24, 2.45) is 11.5 Å². The smallest absolute Gasteiger partial charge is 0.306 e. The monoisotopic (exact) mass is 790 g/mol. The fraction of sp³-hybridized carbons (Fsp3) is 0.469. The first-order chi connectivity index (χ1) is 23.1. The second kappa shape index (κ2) is 19.0. The van der Waals surface area contributed by atoms with E-state index >= 15 is 0 Å². The van der Waals surface area contributed by atoms with Crippen LogP contribution in [0.4, 0.5) is 14.5 Å². The Balaban J connectivity index is 0.00000123. The quantitative estimate of drug-likeness (QED) is 0.103. The van der Waals surface area contributed by atoms with Crippen LogP contribution in [-0.4, -0.2) is 85.0 Å². The van der Waals surface area contributed by atoms with Crippen molar-refractivity contribution in [1.82, 2.24) is 9.62 Å². The summed E-state index contributed by atoms with van der Waals surface area (Å²) in [4.78, 5) is 45.9. The number of morpholine rings is 1. The number of ketones is 1. The molecule has 1 aliphatic rings. The summed E-state index contributed by atoms with van der Waals surface area (Å²) in [5, 5.41) is 22.0. The van der Waals surface area contributed by atoms with Gasteiger partial charge in [0.05, 0.1) is 35.6 Å². The zero-order valence-electron chi connectivity index (χ0n) is 28.7. The summed E-state index contributed by atoms with van der Waals surface area (Å²) in [6, 6.07) is 10.5. The van der Waals surface area contributed by atoms with E-state index in [-0.39, 0.29) is 34.8 Å². The molecule has 14 nitrogen and oxygen atoms in total. The van der Waals surface area contributed by atoms with Crippen LogP contribution >= 0.6 is 15.9 Å². The second-order valence-electron chi connectivity index (χ2n) is 11.8. The van der Waals surface area contributed by atoms with Crippen molar-refractivity contribution in [2.75, 3.05) is 25.5 Å². The molecule has 0 spiro atoms. The van der Waals surface area contributed by atoms with Crippen LogP contribution in [0.25, 0.3) is 0 Å². The molecule has 2 aromatic rings. The predicted octanol–water partition coefficient (Wildman–Crippen LogP) is 3.78. The molecule has 2 amide bonds. The van der Waals surface area contributed by atoms with E-state index in [1.54, 1.807) is 50.2 Å². The number of anilines is 1. The van der Waals surface area contributed by atoms with Crippen molar-refractivity contribution in [1.29, 1.82) is 5.41 Å². The van der Waals surface area contributed by atoms with Gasteiger partial charge in [0.15, 0.2) is 5.78 Å². The lowest BCUT2D eigenvalue weighted by atomic mass is 10.0. The Morgan fingerprint density at radius 1 is 1.14 bits per heavy atom. The minimum Gasteiger partial charge on any atom is -0.481 e. The number of hydrogen-bond donors (Lipinski definition) is 6. The average Bonchev–Trinajstić information content (AvgIpc) is 3.01. The third-order valence-corrected chi connectivity index (χ3v) is 10.3. The Hall–Kier alpha value is -3.84. The third kappa shape index (κ3) is 13.1. The highest BCUT2D eigenvalue weighted by Crippen LogP contribution is 2.35. The van der Waals surface area contributed by atoms with Gasteiger partial charge in [-0.3, -0.25) is 24.6 Å². The summed E-state index contributed by atoms with van der Waals surface area (Å²) in [5.74, 6) is -6.44. The van der Waals surface area contributed by atoms with Crippen LogP contribution in [0.5, 0.6) is 0 Å². The number of ether oxygens (including phenoxy) is 1. The molecule has 8 N–H and O–H groups in total. The molecule has 278 valence electrons. The van der Waals surface area contributed by atoms with Gasteiger partial charge in [-0.15, -0.1) is 0 Å². The number of sulfonamides is 1. The molecule has 1 aliphatic heterocycles. The number of amides is 2. The summed E-state index contributed by atoms with van der Waals surface area (Å²) in [6.45, 7) is 6.65. The number of alkyl halides is 2. The van der Waals surface area contributed by atoms with E-state index in [0.29, 0.717) is 30.2 Å². The van der Waals surface area contributed by atoms with Gasteiger partial charge in [0.2, 0.25) is 21.8 Å². The van der Waals surface area contributed by atoms with E-state index in [9.17, 15) is 36.4 Å². The molecular weight excluding hydrogens is 746 g/mol. The molecule has 0 aromatic heterocycles. The number of nitrogens with one attached hydrogen (secondary N) is 3. The number of aliphatic carboxylic acids is 1. The Morgan fingerprint density at radius 2 is 1.70 bits per heavy atom. The van der Waals surface area contributed by atoms with Gasteiger partial charge in [0, 0.05) is 36.1 Å². The number of amidine groups is 1. The Morgan fingerprint density at radius 3 is 2.16 bits per heavy atom. The lowest BCUT2D eigenvalue weighted by Crippen LogP contribution is -2.58. The predicted molar refractivity (Wildman–Crippen MR) is 187 cm³/mol. The van der Waals surface area contributed by atoms with Gasteiger partial charge >= 0.3 is 11.9 Å². The number of nitrogens with two attached hydrogens (primary N) is 2. The fourth-order valence-corrected chi connectivity index (χ4v) is 7.29. The zero-order valence-corrected chi connectivity index (χ0v) is 31.1. The number of hydrogen-bond acceptors (Lipinski definition) is 9. The highest BCUT2D eigenvalue weighted by molar-refractivity contribution is 9.10. The molecule has 0 bridgehead atoms. The zero-order chi connectivity index (χ0) is 38.6. The number of carboxylic acids is 1. The minimum atomic E-state index is -4.04. The molecular formula is C32H45BrF2N6O8S. The number of carbonyl (C=O) groups excluding carboxylic acids is 3. The molecule has 0 aliphatic carbocycles. The van der Waals surface area contributed by atoms with Gasteiger partial charge in [-0.1, -0.05) is 13.0 Å². The van der Waals surface area contributed by atoms with Crippen LogP contribution in [0.3, 0.4) is 0 Å². The maximum Gasteiger partial charge on any atom is 0.306 e. The summed E-state index contributed by atoms with van der Waals surface area (Å²) in [5.41, 5.74) is 10.6. The minimum absolute atomic E-state index is 0.00153. The number of benzene rings is 2. The lowest BCUT2D eigenvalue weighted by molar-refractivity contribution is -0.144. The van der Waals surface area contributed by atoms with Crippen molar-refractivity contribution in [3.05, 3.63) is 58.1 Å². The molecule has 1 fully saturated rings. The van der Waals surface area contributed by atoms with Gasteiger partial charge < -0.3 is 31.9 Å². The van der Waals surface area contributed by atoms with E-state index in [2.05, 4.69) is 32.3 Å². The third-order valence-electron chi connectivity index (χ3n) is 7.21. The van der Waals surface area contributed by atoms with Gasteiger partial charge in [0.1, 0.15) is 12.3 Å². The van der Waals surface area contributed by atoms with Crippen LogP contribution in [0.2, 0.25) is 0 Å². The van der Waals surface area contributed by atoms with Crippen molar-refractivity contribution in [3.8, 4) is 0 Å². The molecule has 2 aromatic carbocycles. The second-order valence-corrected chi connectivity index (χ2v) is 14.4. The Kier molecular flexibility index (Phi) is 16.8. The standard InChI is InChI=1S/C27H34BrN5O7S.C4H6F2O.CH5N/c1-4-21(32-24(35)13-23(34)31-18-8-5-16(6-9-18)26(29)30)17-7-10-22(20(28)11-17)41(38,39)33-14-19(12-25(36)37)40-15-27(33,2)3;1-3(7)4(2,5)6;1-2/h5-11,19,21H,4,12-15H2,1-3H3,(H3,29,30)(H,31,34)(H,32,35)(H,36,37);1-2H3;2H2,1H3. The molecule has 2 atom stereocenters. The maximum atomic E-state index is 13.7. The summed E-state index contributed by atoms with van der Waals surface area (Å²) in [7, 11) is -2.54. The largest absolute Gasteiger partial charge is 0.481 e. The van der Waals surface area contributed by atoms with Crippen molar-refractivity contribution in [2.45, 2.75) is 82.4 Å². The molecule has 1 saturated heterocycles. The number of carboxylic acid groups (broad SMARTS) is 1. The van der Waals surface area contributed by atoms with E-state index in [1.807, 2.05) is 6.92 Å². The number of rotatable bonds is 12. The van der Waals surface area contributed by atoms with Crippen LogP contribution in [-0.2, 0) is 33.9 Å². The molecule has 1 heterocycles. The first-order valence-corrected chi connectivity index (χ1v) is 17.5. The van der Waals surface area contributed by atoms with Gasteiger partial charge in [-0.05, 0) is 85.2 Å². The molecule has 50 heavy (non-hydrogen) atoms. The first-order valence-electron chi connectivity index (χ1n) is 15.2. The SMILES string of the molecule is CC(=O)C(C)(F)F.CCC(NC(=O)CC(=O)Nc1ccc(C(=N)N)cc1)c1ccc(S(=O)(=O)N2CC(CC(=O)O)OCC2(C)C)c(Br)c1.CN. The van der Waals surface area contributed by atoms with E-state index in [0.717, 1.165) is 6.92 Å². The molecule has 2 unspecified atom stereocenters. The van der Waals surface area contributed by atoms with Gasteiger partial charge in [0.25, 0.3) is 0 Å². The summed E-state index contributed by atoms with van der Waals surface area (Å²) < 4.78 is 57.5. The van der Waals surface area contributed by atoms with Gasteiger partial charge in [-0.25, -0.2) is 8.42 Å². The first kappa shape index (κ1) is 44.2. The average molecular weight is 792 g/mol. The van der Waals surface area contributed by atoms with Crippen molar-refractivity contribution >= 4 is 61.0 Å². The van der Waals surface area contributed by atoms with Crippen molar-refractivity contribution < 1.29 is 46.2 Å². The molecule has 3 rings (SSSR count). The summed E-state index contributed by atoms with van der Waals surface area (Å²) in [6.07, 6.45) is -1.04. The highest BCUT2D eigenvalue weighted by Gasteiger charge is 2.44. The van der Waals surface area contributed by atoms with Crippen LogP contribution in [0, 0.1) is 5.41 Å². The molecule has 0 radical (unpaired) electrons. The molecule has 18 heteroatoms. The molecule has 0 saturated carbocycles. The number of nitrogens with zero attached hydrogens (tertiary/aromatic N) is 1. The van der Waals surface area contributed by atoms with E-state index in [1.165, 1.54) is 17.4 Å². The van der Waals surface area contributed by atoms with Crippen LogP contribution < -0.4 is 22.1 Å². The Labute approximate surface area is 299 Å². The lowest BCUT2D eigenvalue weighted by Gasteiger charge is -2.44. The van der Waals surface area contributed by atoms with Crippen molar-refractivity contribution in [3.63, 3.8) is 0 Å². The van der Waals surface area contributed by atoms with E-state index in [4.69, 9.17) is 21.0 Å². The summed E-state index contributed by atoms with van der Waals surface area (Å²) >= 11 is 3.37. The van der Waals surface area contributed by atoms with Crippen LogP contribution in [0.1, 0.15) is 71.0 Å². The number of nitrogen functional groups attached to an aromatic ring is 1. The van der Waals surface area contributed by atoms with Gasteiger partial charge in [-0.2, -0.15) is 13.1 Å². The number of Topliss-reactive ketones (excluding diaryl/α,β-unsaturated/α-hetero) is 1. The normalized spacial score (nSPS) is 16.3. The van der Waals surface area contributed by atoms with E-state index < -0.39 is 63.6 Å². The topological polar surface area (TPSA) is 235 Å². The number of carbonyl (C=O) groups is 4. The fourth-order valence-electron chi connectivity index (χ4n) is 4.43. The Bertz CT molecular complexity index is 1640. The highest BCUT2D eigenvalue weighted by atomic mass is 79.9. The van der Waals surface area contributed by atoms with Crippen LogP contribution in [0.15, 0.2) is 51.8 Å². The maximum absolute atomic E-state index is 13.7. The number of halogens is 3.